The van der Waals surface area contributed by atoms with Crippen molar-refractivity contribution < 1.29 is 24.9 Å². The highest BCUT2D eigenvalue weighted by Gasteiger charge is 2.33. The number of rotatable bonds is 1. The van der Waals surface area contributed by atoms with Crippen LogP contribution >= 0.6 is 0 Å². The smallest absolute Gasteiger partial charge is 0.341 e. The van der Waals surface area contributed by atoms with Crippen LogP contribution in [0.1, 0.15) is 20.8 Å². The maximum absolute atomic E-state index is 11.8. The number of aromatic carboxylic acids is 1. The van der Waals surface area contributed by atoms with Crippen molar-refractivity contribution in [3.05, 3.63) is 27.7 Å². The predicted octanol–water partition coefficient (Wildman–Crippen LogP) is -1.34. The fourth-order valence-electron chi connectivity index (χ4n) is 1.77. The topological polar surface area (TPSA) is 120 Å². The molecule has 18 heavy (non-hydrogen) atoms. The monoisotopic (exact) mass is 254 g/mol. The first-order valence-electron chi connectivity index (χ1n) is 4.99. The molecule has 0 fully saturated rings. The van der Waals surface area contributed by atoms with Gasteiger partial charge < -0.3 is 24.8 Å². The maximum atomic E-state index is 11.8. The largest absolute Gasteiger partial charge is 0.503 e. The first-order valence-corrected chi connectivity index (χ1v) is 4.99. The van der Waals surface area contributed by atoms with Crippen LogP contribution in [0, 0.1) is 0 Å². The van der Waals surface area contributed by atoms with Gasteiger partial charge in [0.15, 0.2) is 11.4 Å². The summed E-state index contributed by atoms with van der Waals surface area (Å²) in [5.41, 5.74) is -2.09. The lowest BCUT2D eigenvalue weighted by atomic mass is 10.1. The highest BCUT2D eigenvalue weighted by atomic mass is 16.4. The molecule has 1 aromatic rings. The van der Waals surface area contributed by atoms with Crippen molar-refractivity contribution in [2.24, 2.45) is 0 Å². The molecule has 2 heterocycles. The molecular weight excluding hydrogens is 244 g/mol. The van der Waals surface area contributed by atoms with Crippen molar-refractivity contribution in [3.8, 4) is 5.75 Å². The van der Waals surface area contributed by atoms with Crippen LogP contribution in [0.3, 0.4) is 0 Å². The van der Waals surface area contributed by atoms with Crippen molar-refractivity contribution in [3.63, 3.8) is 0 Å². The zero-order valence-corrected chi connectivity index (χ0v) is 9.32. The normalized spacial score (nSPS) is 18.7. The van der Waals surface area contributed by atoms with Gasteiger partial charge in [0.25, 0.3) is 5.91 Å². The summed E-state index contributed by atoms with van der Waals surface area (Å²) < 4.78 is 1.06. The van der Waals surface area contributed by atoms with Crippen molar-refractivity contribution >= 4 is 11.9 Å². The van der Waals surface area contributed by atoms with Gasteiger partial charge in [-0.3, -0.25) is 9.59 Å². The molecule has 8 nitrogen and oxygen atoms in total. The van der Waals surface area contributed by atoms with Crippen LogP contribution in [0.2, 0.25) is 0 Å². The number of aliphatic hydroxyl groups is 1. The number of amides is 1. The van der Waals surface area contributed by atoms with E-state index in [0.717, 1.165) is 15.7 Å². The Morgan fingerprint density at radius 3 is 2.61 bits per heavy atom. The Morgan fingerprint density at radius 1 is 1.44 bits per heavy atom. The summed E-state index contributed by atoms with van der Waals surface area (Å²) in [5.74, 6) is -3.18. The van der Waals surface area contributed by atoms with Crippen LogP contribution in [0.5, 0.6) is 5.75 Å². The zero-order valence-electron chi connectivity index (χ0n) is 9.32. The summed E-state index contributed by atoms with van der Waals surface area (Å²) in [4.78, 5) is 35.1. The second-order valence-corrected chi connectivity index (χ2v) is 3.92. The fraction of sp³-hybridized carbons (Fsp3) is 0.300. The molecule has 1 aliphatic rings. The Morgan fingerprint density at radius 2 is 2.06 bits per heavy atom. The van der Waals surface area contributed by atoms with Gasteiger partial charge >= 0.3 is 5.97 Å². The minimum Gasteiger partial charge on any atom is -0.503 e. The second kappa shape index (κ2) is 3.84. The Balaban J connectivity index is 2.74. The number of fused-ring (bicyclic) bond motifs is 1. The van der Waals surface area contributed by atoms with Crippen LogP contribution in [0.15, 0.2) is 11.0 Å². The van der Waals surface area contributed by atoms with E-state index >= 15 is 0 Å². The van der Waals surface area contributed by atoms with Gasteiger partial charge in [-0.2, -0.15) is 0 Å². The van der Waals surface area contributed by atoms with Crippen molar-refractivity contribution in [2.45, 2.75) is 12.8 Å². The molecule has 1 amide bonds. The number of carbonyl (C=O) groups is 2. The fourth-order valence-corrected chi connectivity index (χ4v) is 1.77. The summed E-state index contributed by atoms with van der Waals surface area (Å²) in [6.07, 6.45) is -0.207. The highest BCUT2D eigenvalue weighted by Crippen LogP contribution is 2.21. The van der Waals surface area contributed by atoms with Gasteiger partial charge in [0.1, 0.15) is 11.8 Å². The SMILES string of the molecule is CN1C(=O)c2c(O)c(=O)c(C(=O)O)cn2CC1O. The third kappa shape index (κ3) is 1.54. The molecule has 0 bridgehead atoms. The van der Waals surface area contributed by atoms with E-state index in [-0.39, 0.29) is 12.2 Å². The molecule has 1 unspecified atom stereocenters. The lowest BCUT2D eigenvalue weighted by Gasteiger charge is -2.31. The van der Waals surface area contributed by atoms with Crippen molar-refractivity contribution in [1.82, 2.24) is 9.47 Å². The lowest BCUT2D eigenvalue weighted by Crippen LogP contribution is -2.46. The van der Waals surface area contributed by atoms with E-state index < -0.39 is 34.8 Å². The van der Waals surface area contributed by atoms with Crippen LogP contribution < -0.4 is 5.43 Å². The summed E-state index contributed by atoms with van der Waals surface area (Å²) in [7, 11) is 1.31. The van der Waals surface area contributed by atoms with Gasteiger partial charge in [-0.15, -0.1) is 0 Å². The molecule has 8 heteroatoms. The number of hydrogen-bond acceptors (Lipinski definition) is 5. The Bertz CT molecular complexity index is 605. The van der Waals surface area contributed by atoms with E-state index in [9.17, 15) is 24.6 Å². The third-order valence-corrected chi connectivity index (χ3v) is 2.82. The Labute approximate surface area is 100 Å². The number of carboxylic acid groups (broad SMARTS) is 1. The molecule has 1 aliphatic heterocycles. The number of carboxylic acids is 1. The van der Waals surface area contributed by atoms with Crippen LogP contribution in [0.4, 0.5) is 0 Å². The maximum Gasteiger partial charge on any atom is 0.341 e. The van der Waals surface area contributed by atoms with Crippen molar-refractivity contribution in [2.75, 3.05) is 7.05 Å². The number of aliphatic hydroxyl groups excluding tert-OH is 1. The summed E-state index contributed by atoms with van der Waals surface area (Å²) >= 11 is 0. The van der Waals surface area contributed by atoms with Gasteiger partial charge in [0, 0.05) is 13.2 Å². The molecule has 0 saturated carbocycles. The van der Waals surface area contributed by atoms with Crippen molar-refractivity contribution in [1.29, 1.82) is 0 Å². The molecule has 1 atom stereocenters. The van der Waals surface area contributed by atoms with Crippen LogP contribution in [-0.4, -0.2) is 49.9 Å². The standard InChI is InChI=1S/C10H10N2O6/c1-11-5(13)3-12-2-4(10(17)18)7(14)8(15)6(12)9(11)16/h2,5,13,15H,3H2,1H3,(H,17,18). The van der Waals surface area contributed by atoms with Gasteiger partial charge in [-0.1, -0.05) is 0 Å². The summed E-state index contributed by atoms with van der Waals surface area (Å²) in [5, 5.41) is 28.0. The molecule has 2 rings (SSSR count). The molecule has 0 aromatic carbocycles. The minimum atomic E-state index is -1.51. The van der Waals surface area contributed by atoms with Crippen LogP contribution in [0.25, 0.3) is 0 Å². The number of likely N-dealkylation sites (N-methyl/N-ethyl adjacent to an activating group) is 1. The van der Waals surface area contributed by atoms with Gasteiger partial charge in [0.2, 0.25) is 5.43 Å². The molecule has 0 radical (unpaired) electrons. The summed E-state index contributed by atoms with van der Waals surface area (Å²) in [6, 6.07) is 0. The average Bonchev–Trinajstić information content (AvgIpc) is 2.30. The first-order chi connectivity index (χ1) is 8.34. The Kier molecular flexibility index (Phi) is 2.59. The average molecular weight is 254 g/mol. The zero-order chi connectivity index (χ0) is 13.6. The quantitative estimate of drug-likeness (QED) is 0.570. The minimum absolute atomic E-state index is 0.119. The van der Waals surface area contributed by atoms with E-state index in [1.807, 2.05) is 0 Å². The third-order valence-electron chi connectivity index (χ3n) is 2.82. The van der Waals surface area contributed by atoms with Crippen LogP contribution in [-0.2, 0) is 6.54 Å². The van der Waals surface area contributed by atoms with Gasteiger partial charge in [0.05, 0.1) is 6.54 Å². The molecule has 96 valence electrons. The lowest BCUT2D eigenvalue weighted by molar-refractivity contribution is -0.000302. The number of carbonyl (C=O) groups excluding carboxylic acids is 1. The number of hydrogen-bond donors (Lipinski definition) is 3. The molecular formula is C10H10N2O6. The van der Waals surface area contributed by atoms with E-state index in [1.54, 1.807) is 0 Å². The predicted molar refractivity (Wildman–Crippen MR) is 57.4 cm³/mol. The van der Waals surface area contributed by atoms with E-state index in [1.165, 1.54) is 7.05 Å². The number of nitrogens with zero attached hydrogens (tertiary/aromatic N) is 2. The molecule has 0 saturated heterocycles. The van der Waals surface area contributed by atoms with Gasteiger partial charge in [-0.05, 0) is 0 Å². The van der Waals surface area contributed by atoms with Gasteiger partial charge in [-0.25, -0.2) is 4.79 Å². The molecule has 3 N–H and O–H groups in total. The van der Waals surface area contributed by atoms with E-state index in [0.29, 0.717) is 0 Å². The Hall–Kier alpha value is -2.35. The molecule has 0 spiro atoms. The highest BCUT2D eigenvalue weighted by molar-refractivity contribution is 5.97. The molecule has 1 aromatic heterocycles. The number of aromatic hydroxyl groups is 1. The van der Waals surface area contributed by atoms with E-state index in [4.69, 9.17) is 5.11 Å². The molecule has 0 aliphatic carbocycles. The first kappa shape index (κ1) is 12.1. The number of pyridine rings is 1. The summed E-state index contributed by atoms with van der Waals surface area (Å²) in [6.45, 7) is -0.119. The number of aromatic nitrogens is 1. The van der Waals surface area contributed by atoms with E-state index in [2.05, 4.69) is 0 Å². The second-order valence-electron chi connectivity index (χ2n) is 3.92.